The van der Waals surface area contributed by atoms with Gasteiger partial charge in [-0.1, -0.05) is 5.57 Å². The normalized spacial score (nSPS) is 17.2. The molecule has 1 aliphatic rings. The molecule has 0 aromatic rings. The summed E-state index contributed by atoms with van der Waals surface area (Å²) in [6.07, 6.45) is 1.62. The van der Waals surface area contributed by atoms with Crippen molar-refractivity contribution in [2.45, 2.75) is 13.8 Å². The number of carbonyl (C=O) groups excluding carboxylic acids is 1. The van der Waals surface area contributed by atoms with Crippen LogP contribution in [0.5, 0.6) is 0 Å². The minimum atomic E-state index is 0.00302. The molecule has 0 unspecified atom stereocenters. The van der Waals surface area contributed by atoms with Crippen LogP contribution in [-0.4, -0.2) is 50.2 Å². The van der Waals surface area contributed by atoms with Crippen molar-refractivity contribution in [3.05, 3.63) is 11.6 Å². The number of ether oxygens (including phenoxy) is 1. The number of morpholine rings is 1. The van der Waals surface area contributed by atoms with Crippen LogP contribution in [0.15, 0.2) is 11.6 Å². The summed E-state index contributed by atoms with van der Waals surface area (Å²) < 4.78 is 5.24. The van der Waals surface area contributed by atoms with E-state index in [4.69, 9.17) is 4.74 Å². The molecule has 0 atom stereocenters. The summed E-state index contributed by atoms with van der Waals surface area (Å²) in [6, 6.07) is 0. The summed E-state index contributed by atoms with van der Waals surface area (Å²) in [5.41, 5.74) is 1.03. The predicted molar refractivity (Wildman–Crippen MR) is 59.7 cm³/mol. The summed E-state index contributed by atoms with van der Waals surface area (Å²) in [5.74, 6) is 0.00302. The second kappa shape index (κ2) is 6.58. The van der Waals surface area contributed by atoms with Crippen LogP contribution in [0.4, 0.5) is 0 Å². The van der Waals surface area contributed by atoms with Crippen molar-refractivity contribution >= 4 is 5.91 Å². The lowest BCUT2D eigenvalue weighted by Gasteiger charge is -2.26. The molecule has 0 aromatic heterocycles. The van der Waals surface area contributed by atoms with E-state index in [2.05, 4.69) is 10.2 Å². The Hall–Kier alpha value is -0.870. The van der Waals surface area contributed by atoms with Gasteiger partial charge in [-0.3, -0.25) is 9.69 Å². The third kappa shape index (κ3) is 5.54. The molecular weight excluding hydrogens is 192 g/mol. The lowest BCUT2D eigenvalue weighted by molar-refractivity contribution is -0.116. The average molecular weight is 212 g/mol. The van der Waals surface area contributed by atoms with Gasteiger partial charge in [0.15, 0.2) is 0 Å². The fourth-order valence-corrected chi connectivity index (χ4v) is 1.48. The Morgan fingerprint density at radius 2 is 2.07 bits per heavy atom. The number of nitrogens with zero attached hydrogens (tertiary/aromatic N) is 1. The fraction of sp³-hybridized carbons (Fsp3) is 0.727. The van der Waals surface area contributed by atoms with Gasteiger partial charge in [-0.05, 0) is 13.8 Å². The van der Waals surface area contributed by atoms with Gasteiger partial charge in [0.25, 0.3) is 0 Å². The molecule has 86 valence electrons. The highest BCUT2D eigenvalue weighted by Gasteiger charge is 2.09. The quantitative estimate of drug-likeness (QED) is 0.686. The Morgan fingerprint density at radius 1 is 1.40 bits per heavy atom. The molecule has 1 amide bonds. The van der Waals surface area contributed by atoms with Crippen LogP contribution in [-0.2, 0) is 9.53 Å². The van der Waals surface area contributed by atoms with Crippen LogP contribution in [0, 0.1) is 0 Å². The van der Waals surface area contributed by atoms with Crippen LogP contribution in [0.3, 0.4) is 0 Å². The van der Waals surface area contributed by atoms with E-state index < -0.39 is 0 Å². The van der Waals surface area contributed by atoms with Crippen molar-refractivity contribution in [3.63, 3.8) is 0 Å². The molecule has 0 spiro atoms. The van der Waals surface area contributed by atoms with E-state index in [0.29, 0.717) is 6.54 Å². The van der Waals surface area contributed by atoms with Gasteiger partial charge in [0.2, 0.25) is 5.91 Å². The molecule has 0 aliphatic carbocycles. The Morgan fingerprint density at radius 3 is 2.67 bits per heavy atom. The van der Waals surface area contributed by atoms with E-state index in [9.17, 15) is 4.79 Å². The SMILES string of the molecule is CC(C)=CC(=O)NCCN1CCOCC1. The largest absolute Gasteiger partial charge is 0.379 e. The number of amides is 1. The maximum atomic E-state index is 11.3. The van der Waals surface area contributed by atoms with E-state index in [1.807, 2.05) is 13.8 Å². The van der Waals surface area contributed by atoms with Gasteiger partial charge < -0.3 is 10.1 Å². The van der Waals surface area contributed by atoms with E-state index in [0.717, 1.165) is 38.4 Å². The lowest BCUT2D eigenvalue weighted by atomic mass is 10.3. The van der Waals surface area contributed by atoms with Gasteiger partial charge in [0, 0.05) is 32.3 Å². The number of carbonyl (C=O) groups is 1. The highest BCUT2D eigenvalue weighted by atomic mass is 16.5. The van der Waals surface area contributed by atoms with Crippen molar-refractivity contribution in [2.75, 3.05) is 39.4 Å². The van der Waals surface area contributed by atoms with Gasteiger partial charge in [0.1, 0.15) is 0 Å². The van der Waals surface area contributed by atoms with Gasteiger partial charge in [-0.2, -0.15) is 0 Å². The summed E-state index contributed by atoms with van der Waals surface area (Å²) in [6.45, 7) is 9.01. The van der Waals surface area contributed by atoms with Crippen molar-refractivity contribution in [1.82, 2.24) is 10.2 Å². The molecule has 15 heavy (non-hydrogen) atoms. The third-order valence-corrected chi connectivity index (χ3v) is 2.25. The summed E-state index contributed by atoms with van der Waals surface area (Å²) in [5, 5.41) is 2.86. The summed E-state index contributed by atoms with van der Waals surface area (Å²) >= 11 is 0. The highest BCUT2D eigenvalue weighted by Crippen LogP contribution is 1.94. The first kappa shape index (κ1) is 12.2. The molecular formula is C11H20N2O2. The van der Waals surface area contributed by atoms with E-state index in [1.54, 1.807) is 6.08 Å². The topological polar surface area (TPSA) is 41.6 Å². The van der Waals surface area contributed by atoms with E-state index in [1.165, 1.54) is 0 Å². The molecule has 4 heteroatoms. The monoisotopic (exact) mass is 212 g/mol. The fourth-order valence-electron chi connectivity index (χ4n) is 1.48. The second-order valence-electron chi connectivity index (χ2n) is 3.97. The first-order valence-electron chi connectivity index (χ1n) is 5.41. The number of hydrogen-bond acceptors (Lipinski definition) is 3. The van der Waals surface area contributed by atoms with Gasteiger partial charge in [-0.15, -0.1) is 0 Å². The molecule has 0 bridgehead atoms. The molecule has 0 radical (unpaired) electrons. The van der Waals surface area contributed by atoms with E-state index in [-0.39, 0.29) is 5.91 Å². The molecule has 1 fully saturated rings. The number of nitrogens with one attached hydrogen (secondary N) is 1. The number of rotatable bonds is 4. The molecule has 1 aliphatic heterocycles. The third-order valence-electron chi connectivity index (χ3n) is 2.25. The Bertz CT molecular complexity index is 229. The second-order valence-corrected chi connectivity index (χ2v) is 3.97. The van der Waals surface area contributed by atoms with Crippen molar-refractivity contribution in [2.24, 2.45) is 0 Å². The zero-order valence-corrected chi connectivity index (χ0v) is 9.58. The summed E-state index contributed by atoms with van der Waals surface area (Å²) in [7, 11) is 0. The zero-order valence-electron chi connectivity index (χ0n) is 9.58. The average Bonchev–Trinajstić information content (AvgIpc) is 2.18. The molecule has 1 heterocycles. The van der Waals surface area contributed by atoms with Gasteiger partial charge >= 0.3 is 0 Å². The molecule has 0 aromatic carbocycles. The number of hydrogen-bond donors (Lipinski definition) is 1. The van der Waals surface area contributed by atoms with Crippen molar-refractivity contribution in [3.8, 4) is 0 Å². The first-order valence-corrected chi connectivity index (χ1v) is 5.41. The molecule has 0 saturated carbocycles. The lowest BCUT2D eigenvalue weighted by Crippen LogP contribution is -2.41. The number of allylic oxidation sites excluding steroid dienone is 1. The maximum absolute atomic E-state index is 11.3. The molecule has 4 nitrogen and oxygen atoms in total. The van der Waals surface area contributed by atoms with Gasteiger partial charge in [-0.25, -0.2) is 0 Å². The Labute approximate surface area is 91.3 Å². The highest BCUT2D eigenvalue weighted by molar-refractivity contribution is 5.87. The minimum Gasteiger partial charge on any atom is -0.379 e. The Balaban J connectivity index is 2.10. The molecule has 1 saturated heterocycles. The van der Waals surface area contributed by atoms with Crippen LogP contribution < -0.4 is 5.32 Å². The van der Waals surface area contributed by atoms with Crippen molar-refractivity contribution < 1.29 is 9.53 Å². The zero-order chi connectivity index (χ0) is 11.1. The Kier molecular flexibility index (Phi) is 5.36. The van der Waals surface area contributed by atoms with Crippen LogP contribution in [0.1, 0.15) is 13.8 Å². The standard InChI is InChI=1S/C11H20N2O2/c1-10(2)9-11(14)12-3-4-13-5-7-15-8-6-13/h9H,3-8H2,1-2H3,(H,12,14). The first-order chi connectivity index (χ1) is 7.18. The van der Waals surface area contributed by atoms with Crippen molar-refractivity contribution in [1.29, 1.82) is 0 Å². The predicted octanol–water partition coefficient (Wildman–Crippen LogP) is 0.401. The van der Waals surface area contributed by atoms with E-state index >= 15 is 0 Å². The van der Waals surface area contributed by atoms with Gasteiger partial charge in [0.05, 0.1) is 13.2 Å². The minimum absolute atomic E-state index is 0.00302. The van der Waals surface area contributed by atoms with Crippen LogP contribution in [0.2, 0.25) is 0 Å². The molecule has 1 N–H and O–H groups in total. The van der Waals surface area contributed by atoms with Crippen LogP contribution >= 0.6 is 0 Å². The molecule has 1 rings (SSSR count). The maximum Gasteiger partial charge on any atom is 0.243 e. The van der Waals surface area contributed by atoms with Crippen LogP contribution in [0.25, 0.3) is 0 Å². The smallest absolute Gasteiger partial charge is 0.243 e. The summed E-state index contributed by atoms with van der Waals surface area (Å²) in [4.78, 5) is 13.6.